The summed E-state index contributed by atoms with van der Waals surface area (Å²) in [5.41, 5.74) is 8.37. The van der Waals surface area contributed by atoms with E-state index in [0.29, 0.717) is 34.1 Å². The highest BCUT2D eigenvalue weighted by Gasteiger charge is 2.34. The summed E-state index contributed by atoms with van der Waals surface area (Å²) in [5.74, 6) is 2.19. The van der Waals surface area contributed by atoms with Crippen LogP contribution in [0.25, 0.3) is 0 Å². The summed E-state index contributed by atoms with van der Waals surface area (Å²) < 4.78 is 4.86. The number of esters is 1. The average molecular weight is 483 g/mol. The van der Waals surface area contributed by atoms with Crippen LogP contribution in [0.3, 0.4) is 0 Å². The Morgan fingerprint density at radius 3 is 2.55 bits per heavy atom. The molecule has 3 rings (SSSR count). The van der Waals surface area contributed by atoms with Gasteiger partial charge < -0.3 is 21.1 Å². The Kier molecular flexibility index (Phi) is 8.88. The molecule has 2 aromatic rings. The minimum Gasteiger partial charge on any atom is -0.467 e. The van der Waals surface area contributed by atoms with Gasteiger partial charge in [0.1, 0.15) is 6.04 Å². The molecule has 6 nitrogen and oxygen atoms in total. The Morgan fingerprint density at radius 2 is 1.90 bits per heavy atom. The van der Waals surface area contributed by atoms with E-state index in [0.717, 1.165) is 11.1 Å². The SMILES string of the molecule is COC(=O)C1CC(NC(=O)Cc2ccc(CC#CN)cc2)c2c(Cl)cc(Cl)cc2N1.Cl. The number of rotatable bonds is 5. The lowest BCUT2D eigenvalue weighted by Gasteiger charge is -2.33. The predicted molar refractivity (Wildman–Crippen MR) is 124 cm³/mol. The summed E-state index contributed by atoms with van der Waals surface area (Å²) in [6.45, 7) is 0. The summed E-state index contributed by atoms with van der Waals surface area (Å²) in [7, 11) is 1.32. The first kappa shape index (κ1) is 24.7. The Hall–Kier alpha value is -2.59. The highest BCUT2D eigenvalue weighted by atomic mass is 35.5. The van der Waals surface area contributed by atoms with Crippen LogP contribution in [0.4, 0.5) is 5.69 Å². The van der Waals surface area contributed by atoms with Crippen molar-refractivity contribution >= 4 is 53.2 Å². The van der Waals surface area contributed by atoms with Crippen LogP contribution in [0.2, 0.25) is 10.0 Å². The molecule has 0 aliphatic carbocycles. The molecule has 4 N–H and O–H groups in total. The van der Waals surface area contributed by atoms with Crippen molar-refractivity contribution in [1.82, 2.24) is 5.32 Å². The second-order valence-corrected chi connectivity index (χ2v) is 7.76. The summed E-state index contributed by atoms with van der Waals surface area (Å²) in [5, 5.41) is 6.93. The zero-order valence-corrected chi connectivity index (χ0v) is 19.0. The Bertz CT molecular complexity index is 1020. The number of anilines is 1. The number of methoxy groups -OCH3 is 1. The van der Waals surface area contributed by atoms with Crippen molar-refractivity contribution in [3.8, 4) is 12.0 Å². The van der Waals surface area contributed by atoms with Gasteiger partial charge in [-0.1, -0.05) is 53.4 Å². The number of fused-ring (bicyclic) bond motifs is 1. The Balaban J connectivity index is 0.00000341. The van der Waals surface area contributed by atoms with Gasteiger partial charge in [0.15, 0.2) is 0 Å². The number of nitrogens with one attached hydrogen (secondary N) is 2. The molecule has 0 bridgehead atoms. The van der Waals surface area contributed by atoms with Crippen LogP contribution < -0.4 is 16.4 Å². The van der Waals surface area contributed by atoms with E-state index in [1.165, 1.54) is 7.11 Å². The molecule has 1 heterocycles. The standard InChI is InChI=1S/C22H21Cl2N3O3.ClH/c1-30-22(29)19-12-18(21-16(24)10-15(23)11-17(21)26-19)27-20(28)9-14-6-4-13(5-7-14)3-2-8-25;/h4-7,10-11,18-19,26H,3,9,12,25H2,1H3,(H,27,28);1H. The lowest BCUT2D eigenvalue weighted by atomic mass is 9.92. The van der Waals surface area contributed by atoms with Crippen molar-refractivity contribution in [2.24, 2.45) is 5.73 Å². The van der Waals surface area contributed by atoms with Crippen molar-refractivity contribution < 1.29 is 14.3 Å². The van der Waals surface area contributed by atoms with Crippen LogP contribution in [0.5, 0.6) is 0 Å². The molecule has 31 heavy (non-hydrogen) atoms. The van der Waals surface area contributed by atoms with Gasteiger partial charge in [0, 0.05) is 40.2 Å². The molecule has 0 radical (unpaired) electrons. The van der Waals surface area contributed by atoms with E-state index in [2.05, 4.69) is 22.6 Å². The van der Waals surface area contributed by atoms with Crippen molar-refractivity contribution in [1.29, 1.82) is 0 Å². The summed E-state index contributed by atoms with van der Waals surface area (Å²) in [6, 6.07) is 12.2. The molecule has 1 aliphatic rings. The number of hydrogen-bond acceptors (Lipinski definition) is 5. The minimum atomic E-state index is -0.620. The summed E-state index contributed by atoms with van der Waals surface area (Å²) in [6.07, 6.45) is 1.06. The van der Waals surface area contributed by atoms with Gasteiger partial charge in [-0.2, -0.15) is 0 Å². The van der Waals surface area contributed by atoms with Crippen LogP contribution in [0, 0.1) is 12.0 Å². The quantitative estimate of drug-likeness (QED) is 0.344. The highest BCUT2D eigenvalue weighted by Crippen LogP contribution is 2.40. The summed E-state index contributed by atoms with van der Waals surface area (Å²) >= 11 is 12.5. The molecular formula is C22H22Cl3N3O3. The molecule has 0 spiro atoms. The molecule has 1 amide bonds. The van der Waals surface area contributed by atoms with Gasteiger partial charge in [-0.15, -0.1) is 12.4 Å². The van der Waals surface area contributed by atoms with Crippen molar-refractivity contribution in [3.05, 3.63) is 63.1 Å². The molecule has 2 aromatic carbocycles. The van der Waals surface area contributed by atoms with Crippen molar-refractivity contribution in [2.45, 2.75) is 31.3 Å². The van der Waals surface area contributed by atoms with Gasteiger partial charge in [-0.05, 0) is 23.3 Å². The van der Waals surface area contributed by atoms with E-state index < -0.39 is 18.1 Å². The van der Waals surface area contributed by atoms with Gasteiger partial charge in [0.05, 0.1) is 19.6 Å². The number of carbonyl (C=O) groups excluding carboxylic acids is 2. The average Bonchev–Trinajstić information content (AvgIpc) is 2.71. The van der Waals surface area contributed by atoms with E-state index in [9.17, 15) is 9.59 Å². The third kappa shape index (κ3) is 6.20. The molecule has 0 aromatic heterocycles. The largest absolute Gasteiger partial charge is 0.467 e. The molecule has 2 atom stereocenters. The first-order chi connectivity index (χ1) is 14.4. The Morgan fingerprint density at radius 1 is 1.23 bits per heavy atom. The molecule has 9 heteroatoms. The lowest BCUT2D eigenvalue weighted by Crippen LogP contribution is -2.42. The maximum atomic E-state index is 12.7. The van der Waals surface area contributed by atoms with Crippen LogP contribution >= 0.6 is 35.6 Å². The zero-order valence-electron chi connectivity index (χ0n) is 16.7. The van der Waals surface area contributed by atoms with Crippen LogP contribution in [0.15, 0.2) is 36.4 Å². The second kappa shape index (κ2) is 11.1. The first-order valence-corrected chi connectivity index (χ1v) is 10.1. The number of hydrogen-bond donors (Lipinski definition) is 3. The van der Waals surface area contributed by atoms with Gasteiger partial charge in [0.2, 0.25) is 5.91 Å². The van der Waals surface area contributed by atoms with E-state index in [1.807, 2.05) is 24.3 Å². The third-order valence-electron chi connectivity index (χ3n) is 4.85. The van der Waals surface area contributed by atoms with Crippen molar-refractivity contribution in [2.75, 3.05) is 12.4 Å². The number of halogens is 3. The van der Waals surface area contributed by atoms with Gasteiger partial charge in [-0.3, -0.25) is 4.79 Å². The van der Waals surface area contributed by atoms with E-state index in [4.69, 9.17) is 33.7 Å². The maximum absolute atomic E-state index is 12.7. The maximum Gasteiger partial charge on any atom is 0.328 e. The topological polar surface area (TPSA) is 93.5 Å². The zero-order chi connectivity index (χ0) is 21.7. The van der Waals surface area contributed by atoms with E-state index in [1.54, 1.807) is 12.1 Å². The van der Waals surface area contributed by atoms with Gasteiger partial charge in [-0.25, -0.2) is 4.79 Å². The third-order valence-corrected chi connectivity index (χ3v) is 5.38. The monoisotopic (exact) mass is 481 g/mol. The number of amides is 1. The van der Waals surface area contributed by atoms with Gasteiger partial charge in [0.25, 0.3) is 0 Å². The summed E-state index contributed by atoms with van der Waals surface area (Å²) in [4.78, 5) is 24.8. The first-order valence-electron chi connectivity index (χ1n) is 9.30. The second-order valence-electron chi connectivity index (χ2n) is 6.92. The Labute approximate surface area is 197 Å². The van der Waals surface area contributed by atoms with Crippen LogP contribution in [-0.2, 0) is 27.2 Å². The molecule has 0 saturated carbocycles. The van der Waals surface area contributed by atoms with Crippen LogP contribution in [-0.4, -0.2) is 25.0 Å². The fraction of sp³-hybridized carbons (Fsp3) is 0.273. The minimum absolute atomic E-state index is 0. The molecule has 164 valence electrons. The van der Waals surface area contributed by atoms with E-state index in [-0.39, 0.29) is 24.7 Å². The normalized spacial score (nSPS) is 16.5. The molecule has 2 unspecified atom stereocenters. The number of benzene rings is 2. The fourth-order valence-corrected chi connectivity index (χ4v) is 4.07. The lowest BCUT2D eigenvalue weighted by molar-refractivity contribution is -0.142. The van der Waals surface area contributed by atoms with Crippen LogP contribution in [0.1, 0.15) is 29.2 Å². The molecule has 0 saturated heterocycles. The molecule has 0 fully saturated rings. The molecule has 1 aliphatic heterocycles. The predicted octanol–water partition coefficient (Wildman–Crippen LogP) is 3.63. The molecular weight excluding hydrogens is 461 g/mol. The fourth-order valence-electron chi connectivity index (χ4n) is 3.45. The number of carbonyl (C=O) groups is 2. The van der Waals surface area contributed by atoms with Gasteiger partial charge >= 0.3 is 5.97 Å². The number of ether oxygens (including phenoxy) is 1. The van der Waals surface area contributed by atoms with Crippen molar-refractivity contribution in [3.63, 3.8) is 0 Å². The number of nitrogens with two attached hydrogens (primary N) is 1. The highest BCUT2D eigenvalue weighted by molar-refractivity contribution is 6.35. The smallest absolute Gasteiger partial charge is 0.328 e. The van der Waals surface area contributed by atoms with E-state index >= 15 is 0 Å².